The highest BCUT2D eigenvalue weighted by Gasteiger charge is 2.23. The van der Waals surface area contributed by atoms with Gasteiger partial charge in [0.25, 0.3) is 5.91 Å². The number of benzene rings is 1. The summed E-state index contributed by atoms with van der Waals surface area (Å²) in [5.74, 6) is -1.42. The van der Waals surface area contributed by atoms with Crippen molar-refractivity contribution in [2.75, 3.05) is 11.9 Å². The van der Waals surface area contributed by atoms with E-state index >= 15 is 0 Å². The van der Waals surface area contributed by atoms with Crippen molar-refractivity contribution in [1.29, 1.82) is 5.26 Å². The van der Waals surface area contributed by atoms with Crippen LogP contribution in [0.2, 0.25) is 0 Å². The van der Waals surface area contributed by atoms with Crippen molar-refractivity contribution in [1.82, 2.24) is 0 Å². The van der Waals surface area contributed by atoms with Gasteiger partial charge in [0, 0.05) is 4.88 Å². The molecule has 1 aliphatic carbocycles. The third-order valence-corrected chi connectivity index (χ3v) is 5.43. The molecule has 26 heavy (non-hydrogen) atoms. The van der Waals surface area contributed by atoms with E-state index in [0.717, 1.165) is 36.1 Å². The molecule has 1 aromatic heterocycles. The molecule has 134 valence electrons. The molecule has 0 aliphatic heterocycles. The van der Waals surface area contributed by atoms with Gasteiger partial charge in [0.2, 0.25) is 0 Å². The number of amides is 1. The number of rotatable bonds is 5. The van der Waals surface area contributed by atoms with Crippen LogP contribution in [0.4, 0.5) is 5.00 Å². The van der Waals surface area contributed by atoms with Crippen LogP contribution in [0.3, 0.4) is 0 Å². The number of nitriles is 1. The van der Waals surface area contributed by atoms with E-state index < -0.39 is 24.6 Å². The highest BCUT2D eigenvalue weighted by atomic mass is 32.1. The summed E-state index contributed by atoms with van der Waals surface area (Å²) in [7, 11) is 0. The Morgan fingerprint density at radius 3 is 2.73 bits per heavy atom. The van der Waals surface area contributed by atoms with Crippen LogP contribution >= 0.6 is 11.3 Å². The molecule has 3 rings (SSSR count). The van der Waals surface area contributed by atoms with E-state index in [1.54, 1.807) is 30.3 Å². The van der Waals surface area contributed by atoms with Crippen LogP contribution in [0.1, 0.15) is 40.5 Å². The molecule has 1 atom stereocenters. The van der Waals surface area contributed by atoms with Gasteiger partial charge >= 0.3 is 5.97 Å². The zero-order valence-corrected chi connectivity index (χ0v) is 14.8. The average Bonchev–Trinajstić information content (AvgIpc) is 3.03. The Balaban J connectivity index is 1.59. The molecule has 0 radical (unpaired) electrons. The van der Waals surface area contributed by atoms with Crippen molar-refractivity contribution in [3.05, 3.63) is 51.9 Å². The summed E-state index contributed by atoms with van der Waals surface area (Å²) < 4.78 is 4.89. The van der Waals surface area contributed by atoms with E-state index in [4.69, 9.17) is 4.74 Å². The summed E-state index contributed by atoms with van der Waals surface area (Å²) in [6.07, 6.45) is 2.46. The van der Waals surface area contributed by atoms with E-state index in [9.17, 15) is 20.0 Å². The topological polar surface area (TPSA) is 99.4 Å². The van der Waals surface area contributed by atoms with Gasteiger partial charge in [-0.25, -0.2) is 4.79 Å². The quantitative estimate of drug-likeness (QED) is 0.789. The first-order chi connectivity index (χ1) is 12.6. The number of ether oxygens (including phenoxy) is 1. The predicted molar refractivity (Wildman–Crippen MR) is 96.7 cm³/mol. The molecule has 0 spiro atoms. The first kappa shape index (κ1) is 18.1. The van der Waals surface area contributed by atoms with Crippen LogP contribution < -0.4 is 5.32 Å². The van der Waals surface area contributed by atoms with Gasteiger partial charge in [-0.05, 0) is 36.8 Å². The number of carbonyl (C=O) groups excluding carboxylic acids is 2. The number of fused-ring (bicyclic) bond motifs is 1. The molecule has 0 saturated carbocycles. The molecule has 1 amide bonds. The van der Waals surface area contributed by atoms with E-state index in [0.29, 0.717) is 16.1 Å². The SMILES string of the molecule is N#Cc1c(NC(=O)COC(=O)[C@@H](O)c2ccccc2)sc2c1CCCC2. The lowest BCUT2D eigenvalue weighted by atomic mass is 9.96. The van der Waals surface area contributed by atoms with E-state index in [2.05, 4.69) is 11.4 Å². The highest BCUT2D eigenvalue weighted by molar-refractivity contribution is 7.16. The summed E-state index contributed by atoms with van der Waals surface area (Å²) in [5.41, 5.74) is 1.93. The molecule has 7 heteroatoms. The molecule has 0 saturated heterocycles. The highest BCUT2D eigenvalue weighted by Crippen LogP contribution is 2.37. The molecule has 2 aromatic rings. The zero-order valence-electron chi connectivity index (χ0n) is 14.0. The molecule has 1 heterocycles. The number of nitrogens with zero attached hydrogens (tertiary/aromatic N) is 1. The monoisotopic (exact) mass is 370 g/mol. The smallest absolute Gasteiger partial charge is 0.340 e. The van der Waals surface area contributed by atoms with Crippen molar-refractivity contribution < 1.29 is 19.4 Å². The normalized spacial score (nSPS) is 14.0. The fourth-order valence-corrected chi connectivity index (χ4v) is 4.18. The third-order valence-electron chi connectivity index (χ3n) is 4.22. The molecule has 0 unspecified atom stereocenters. The lowest BCUT2D eigenvalue weighted by molar-refractivity contribution is -0.156. The van der Waals surface area contributed by atoms with E-state index in [1.165, 1.54) is 11.3 Å². The fourth-order valence-electron chi connectivity index (χ4n) is 2.92. The van der Waals surface area contributed by atoms with Crippen LogP contribution in [0.5, 0.6) is 0 Å². The van der Waals surface area contributed by atoms with Crippen molar-refractivity contribution >= 4 is 28.2 Å². The minimum absolute atomic E-state index is 0.399. The number of thiophene rings is 1. The van der Waals surface area contributed by atoms with Gasteiger partial charge in [-0.1, -0.05) is 30.3 Å². The van der Waals surface area contributed by atoms with Gasteiger partial charge in [-0.3, -0.25) is 4.79 Å². The lowest BCUT2D eigenvalue weighted by Crippen LogP contribution is -2.23. The van der Waals surface area contributed by atoms with Crippen LogP contribution in [0, 0.1) is 11.3 Å². The number of anilines is 1. The molecule has 1 aliphatic rings. The molecule has 6 nitrogen and oxygen atoms in total. The molecule has 2 N–H and O–H groups in total. The van der Waals surface area contributed by atoms with Crippen molar-refractivity contribution in [3.63, 3.8) is 0 Å². The van der Waals surface area contributed by atoms with E-state index in [1.807, 2.05) is 0 Å². The summed E-state index contributed by atoms with van der Waals surface area (Å²) in [5, 5.41) is 22.5. The van der Waals surface area contributed by atoms with Gasteiger partial charge in [0.15, 0.2) is 12.7 Å². The Morgan fingerprint density at radius 1 is 1.27 bits per heavy atom. The average molecular weight is 370 g/mol. The minimum Gasteiger partial charge on any atom is -0.453 e. The van der Waals surface area contributed by atoms with Gasteiger partial charge < -0.3 is 15.2 Å². The Kier molecular flexibility index (Phi) is 5.66. The second-order valence-corrected chi connectivity index (χ2v) is 7.10. The fraction of sp³-hybridized carbons (Fsp3) is 0.316. The van der Waals surface area contributed by atoms with E-state index in [-0.39, 0.29) is 0 Å². The van der Waals surface area contributed by atoms with Gasteiger partial charge in [0.1, 0.15) is 11.1 Å². The maximum Gasteiger partial charge on any atom is 0.340 e. The number of carbonyl (C=O) groups is 2. The number of hydrogen-bond acceptors (Lipinski definition) is 6. The summed E-state index contributed by atoms with van der Waals surface area (Å²) in [6.45, 7) is -0.518. The largest absolute Gasteiger partial charge is 0.453 e. The number of esters is 1. The molecular weight excluding hydrogens is 352 g/mol. The Hall–Kier alpha value is -2.69. The Morgan fingerprint density at radius 2 is 2.00 bits per heavy atom. The predicted octanol–water partition coefficient (Wildman–Crippen LogP) is 2.71. The summed E-state index contributed by atoms with van der Waals surface area (Å²) >= 11 is 1.41. The number of nitrogens with one attached hydrogen (secondary N) is 1. The third kappa shape index (κ3) is 3.93. The first-order valence-electron chi connectivity index (χ1n) is 8.34. The second-order valence-electron chi connectivity index (χ2n) is 6.00. The maximum absolute atomic E-state index is 12.1. The van der Waals surface area contributed by atoms with Crippen molar-refractivity contribution in [3.8, 4) is 6.07 Å². The molecule has 0 fully saturated rings. The molecule has 0 bridgehead atoms. The van der Waals surface area contributed by atoms with Crippen molar-refractivity contribution in [2.24, 2.45) is 0 Å². The van der Waals surface area contributed by atoms with Crippen LogP contribution in [-0.4, -0.2) is 23.6 Å². The van der Waals surface area contributed by atoms with Gasteiger partial charge in [-0.2, -0.15) is 5.26 Å². The lowest BCUT2D eigenvalue weighted by Gasteiger charge is -2.11. The van der Waals surface area contributed by atoms with Crippen LogP contribution in [0.25, 0.3) is 0 Å². The molecular formula is C19H18N2O4S. The minimum atomic E-state index is -1.44. The van der Waals surface area contributed by atoms with Gasteiger partial charge in [-0.15, -0.1) is 11.3 Å². The number of hydrogen-bond donors (Lipinski definition) is 2. The van der Waals surface area contributed by atoms with Gasteiger partial charge in [0.05, 0.1) is 5.56 Å². The number of aliphatic hydroxyl groups is 1. The standard InChI is InChI=1S/C19H18N2O4S/c20-10-14-13-8-4-5-9-15(13)26-18(14)21-16(22)11-25-19(24)17(23)12-6-2-1-3-7-12/h1-3,6-7,17,23H,4-5,8-9,11H2,(H,21,22)/t17-/m0/s1. The summed E-state index contributed by atoms with van der Waals surface area (Å²) in [4.78, 5) is 25.1. The van der Waals surface area contributed by atoms with Crippen molar-refractivity contribution in [2.45, 2.75) is 31.8 Å². The Labute approximate surface area is 155 Å². The second kappa shape index (κ2) is 8.13. The van der Waals surface area contributed by atoms with Crippen LogP contribution in [-0.2, 0) is 27.2 Å². The number of aliphatic hydroxyl groups excluding tert-OH is 1. The van der Waals surface area contributed by atoms with Crippen LogP contribution in [0.15, 0.2) is 30.3 Å². The molecule has 1 aromatic carbocycles. The Bertz CT molecular complexity index is 854. The summed E-state index contributed by atoms with van der Waals surface area (Å²) in [6, 6.07) is 10.5. The number of aryl methyl sites for hydroxylation is 1. The first-order valence-corrected chi connectivity index (χ1v) is 9.16. The maximum atomic E-state index is 12.1. The zero-order chi connectivity index (χ0) is 18.5.